The van der Waals surface area contributed by atoms with Crippen molar-refractivity contribution in [1.29, 1.82) is 0 Å². The molecule has 0 aliphatic rings. The molecular formula is C17H15N3O4S. The number of carbonyl (C=O) groups is 1. The van der Waals surface area contributed by atoms with Crippen molar-refractivity contribution in [3.05, 3.63) is 66.4 Å². The number of methoxy groups -OCH3 is 1. The van der Waals surface area contributed by atoms with Crippen molar-refractivity contribution in [3.63, 3.8) is 0 Å². The smallest absolute Gasteiger partial charge is 0.358 e. The Labute approximate surface area is 144 Å². The standard InChI is InChI=1S/C17H15N3O4S/c1-24-17(21)15-11-16(12-5-3-2-4-6-12)20(19-15)13-7-9-14(10-8-13)25(18,22)23/h2-11H,1H3,(H2,18,22,23). The van der Waals surface area contributed by atoms with E-state index >= 15 is 0 Å². The van der Waals surface area contributed by atoms with Crippen LogP contribution in [0, 0.1) is 0 Å². The second kappa shape index (κ2) is 6.50. The van der Waals surface area contributed by atoms with Crippen LogP contribution in [0.15, 0.2) is 65.6 Å². The lowest BCUT2D eigenvalue weighted by molar-refractivity contribution is 0.0593. The van der Waals surface area contributed by atoms with Crippen molar-refractivity contribution in [2.24, 2.45) is 5.14 Å². The van der Waals surface area contributed by atoms with Crippen LogP contribution in [-0.2, 0) is 14.8 Å². The minimum Gasteiger partial charge on any atom is -0.464 e. The maximum absolute atomic E-state index is 11.8. The summed E-state index contributed by atoms with van der Waals surface area (Å²) >= 11 is 0. The van der Waals surface area contributed by atoms with Gasteiger partial charge in [-0.3, -0.25) is 0 Å². The van der Waals surface area contributed by atoms with Gasteiger partial charge in [0.2, 0.25) is 10.0 Å². The number of esters is 1. The molecule has 0 saturated carbocycles. The SMILES string of the molecule is COC(=O)c1cc(-c2ccccc2)n(-c2ccc(S(N)(=O)=O)cc2)n1. The molecule has 3 aromatic rings. The number of nitrogens with zero attached hydrogens (tertiary/aromatic N) is 2. The number of nitrogens with two attached hydrogens (primary N) is 1. The van der Waals surface area contributed by atoms with Gasteiger partial charge in [-0.25, -0.2) is 23.0 Å². The van der Waals surface area contributed by atoms with Gasteiger partial charge in [-0.2, -0.15) is 5.10 Å². The molecule has 128 valence electrons. The van der Waals surface area contributed by atoms with Crippen molar-refractivity contribution < 1.29 is 17.9 Å². The minimum absolute atomic E-state index is 0.00198. The van der Waals surface area contributed by atoms with Crippen LogP contribution in [0.1, 0.15) is 10.5 Å². The number of ether oxygens (including phenoxy) is 1. The van der Waals surface area contributed by atoms with E-state index in [1.54, 1.807) is 22.9 Å². The van der Waals surface area contributed by atoms with Gasteiger partial charge in [-0.1, -0.05) is 30.3 Å². The fourth-order valence-electron chi connectivity index (χ4n) is 2.37. The highest BCUT2D eigenvalue weighted by Crippen LogP contribution is 2.25. The zero-order chi connectivity index (χ0) is 18.0. The maximum atomic E-state index is 11.8. The maximum Gasteiger partial charge on any atom is 0.358 e. The van der Waals surface area contributed by atoms with Crippen LogP contribution in [0.2, 0.25) is 0 Å². The Hall–Kier alpha value is -2.97. The molecule has 0 amide bonds. The highest BCUT2D eigenvalue weighted by Gasteiger charge is 2.17. The van der Waals surface area contributed by atoms with Gasteiger partial charge in [0.05, 0.1) is 23.4 Å². The Morgan fingerprint density at radius 1 is 1.08 bits per heavy atom. The molecule has 3 rings (SSSR count). The summed E-state index contributed by atoms with van der Waals surface area (Å²) in [7, 11) is -2.50. The molecule has 25 heavy (non-hydrogen) atoms. The molecule has 0 bridgehead atoms. The van der Waals surface area contributed by atoms with E-state index in [1.807, 2.05) is 30.3 Å². The molecule has 1 aromatic heterocycles. The van der Waals surface area contributed by atoms with E-state index in [9.17, 15) is 13.2 Å². The zero-order valence-electron chi connectivity index (χ0n) is 13.3. The lowest BCUT2D eigenvalue weighted by Crippen LogP contribution is -2.12. The van der Waals surface area contributed by atoms with Gasteiger partial charge in [-0.15, -0.1) is 0 Å². The van der Waals surface area contributed by atoms with E-state index in [0.29, 0.717) is 11.4 Å². The number of sulfonamides is 1. The summed E-state index contributed by atoms with van der Waals surface area (Å²) < 4.78 is 29.1. The van der Waals surface area contributed by atoms with Crippen LogP contribution < -0.4 is 5.14 Å². The van der Waals surface area contributed by atoms with Crippen LogP contribution in [0.3, 0.4) is 0 Å². The van der Waals surface area contributed by atoms with Gasteiger partial charge in [0.25, 0.3) is 0 Å². The molecule has 0 radical (unpaired) electrons. The summed E-state index contributed by atoms with van der Waals surface area (Å²) in [6, 6.07) is 16.9. The number of primary sulfonamides is 1. The van der Waals surface area contributed by atoms with Crippen LogP contribution in [0.25, 0.3) is 16.9 Å². The number of hydrogen-bond acceptors (Lipinski definition) is 5. The largest absolute Gasteiger partial charge is 0.464 e. The Morgan fingerprint density at radius 3 is 2.28 bits per heavy atom. The van der Waals surface area contributed by atoms with Crippen molar-refractivity contribution >= 4 is 16.0 Å². The van der Waals surface area contributed by atoms with Gasteiger partial charge < -0.3 is 4.74 Å². The fraction of sp³-hybridized carbons (Fsp3) is 0.0588. The Morgan fingerprint density at radius 2 is 1.72 bits per heavy atom. The number of carbonyl (C=O) groups excluding carboxylic acids is 1. The van der Waals surface area contributed by atoms with Crippen LogP contribution in [0.5, 0.6) is 0 Å². The molecule has 1 heterocycles. The zero-order valence-corrected chi connectivity index (χ0v) is 14.1. The van der Waals surface area contributed by atoms with E-state index in [0.717, 1.165) is 5.56 Å². The van der Waals surface area contributed by atoms with Gasteiger partial charge in [-0.05, 0) is 30.3 Å². The quantitative estimate of drug-likeness (QED) is 0.719. The topological polar surface area (TPSA) is 104 Å². The molecule has 0 spiro atoms. The van der Waals surface area contributed by atoms with Gasteiger partial charge >= 0.3 is 5.97 Å². The highest BCUT2D eigenvalue weighted by molar-refractivity contribution is 7.89. The summed E-state index contributed by atoms with van der Waals surface area (Å²) in [6.07, 6.45) is 0. The Bertz CT molecular complexity index is 1010. The predicted octanol–water partition coefficient (Wildman–Crippen LogP) is 1.97. The first-order chi connectivity index (χ1) is 11.9. The highest BCUT2D eigenvalue weighted by atomic mass is 32.2. The predicted molar refractivity (Wildman–Crippen MR) is 91.7 cm³/mol. The molecule has 0 unspecified atom stereocenters. The van der Waals surface area contributed by atoms with E-state index in [1.165, 1.54) is 19.2 Å². The molecule has 2 N–H and O–H groups in total. The minimum atomic E-state index is -3.78. The summed E-state index contributed by atoms with van der Waals surface area (Å²) in [6.45, 7) is 0. The molecule has 8 heteroatoms. The van der Waals surface area contributed by atoms with Gasteiger partial charge in [0, 0.05) is 5.56 Å². The Balaban J connectivity index is 2.14. The normalized spacial score (nSPS) is 11.3. The van der Waals surface area contributed by atoms with Crippen molar-refractivity contribution in [1.82, 2.24) is 9.78 Å². The number of rotatable bonds is 4. The first kappa shape index (κ1) is 16.9. The lowest BCUT2D eigenvalue weighted by Gasteiger charge is -2.08. The molecule has 7 nitrogen and oxygen atoms in total. The van der Waals surface area contributed by atoms with Crippen LogP contribution >= 0.6 is 0 Å². The van der Waals surface area contributed by atoms with E-state index in [4.69, 9.17) is 9.88 Å². The average molecular weight is 357 g/mol. The fourth-order valence-corrected chi connectivity index (χ4v) is 2.89. The summed E-state index contributed by atoms with van der Waals surface area (Å²) in [4.78, 5) is 11.8. The Kier molecular flexibility index (Phi) is 4.39. The van der Waals surface area contributed by atoms with Gasteiger partial charge in [0.15, 0.2) is 5.69 Å². The van der Waals surface area contributed by atoms with Crippen LogP contribution in [0.4, 0.5) is 0 Å². The summed E-state index contributed by atoms with van der Waals surface area (Å²) in [5.41, 5.74) is 2.25. The van der Waals surface area contributed by atoms with Crippen LogP contribution in [-0.4, -0.2) is 31.3 Å². The lowest BCUT2D eigenvalue weighted by atomic mass is 10.1. The van der Waals surface area contributed by atoms with E-state index in [-0.39, 0.29) is 10.6 Å². The average Bonchev–Trinajstić information content (AvgIpc) is 3.06. The first-order valence-corrected chi connectivity index (χ1v) is 8.82. The molecule has 0 aliphatic heterocycles. The third-order valence-electron chi connectivity index (χ3n) is 3.58. The van der Waals surface area contributed by atoms with E-state index in [2.05, 4.69) is 5.10 Å². The van der Waals surface area contributed by atoms with Crippen molar-refractivity contribution in [3.8, 4) is 16.9 Å². The van der Waals surface area contributed by atoms with Gasteiger partial charge in [0.1, 0.15) is 0 Å². The van der Waals surface area contributed by atoms with Crippen molar-refractivity contribution in [2.75, 3.05) is 7.11 Å². The number of benzene rings is 2. The number of hydrogen-bond donors (Lipinski definition) is 1. The summed E-state index contributed by atoms with van der Waals surface area (Å²) in [5, 5.41) is 9.40. The second-order valence-corrected chi connectivity index (χ2v) is 6.78. The summed E-state index contributed by atoms with van der Waals surface area (Å²) in [5.74, 6) is -0.558. The first-order valence-electron chi connectivity index (χ1n) is 7.27. The molecule has 0 atom stereocenters. The third kappa shape index (κ3) is 3.44. The monoisotopic (exact) mass is 357 g/mol. The van der Waals surface area contributed by atoms with E-state index < -0.39 is 16.0 Å². The molecule has 0 fully saturated rings. The molecule has 2 aromatic carbocycles. The number of aromatic nitrogens is 2. The molecule has 0 aliphatic carbocycles. The second-order valence-electron chi connectivity index (χ2n) is 5.22. The van der Waals surface area contributed by atoms with Crippen molar-refractivity contribution in [2.45, 2.75) is 4.90 Å². The molecule has 0 saturated heterocycles. The molecular weight excluding hydrogens is 342 g/mol. The third-order valence-corrected chi connectivity index (χ3v) is 4.51.